The SMILES string of the molecule is CN1C[C@@H]2CCN(c3c(-c4cnc5c(c4)c(=O)c(C(=O)O)cn5C)cnc4[nH]c5c(N(C)C(=O)CNC(=O)CNC(=O)OC(C)(C)C)cc(F)c(F)c5c34)[C@@H]2C1. The number of nitrogens with zero attached hydrogens (tertiary/aromatic N) is 6. The van der Waals surface area contributed by atoms with Crippen LogP contribution < -0.4 is 25.9 Å². The van der Waals surface area contributed by atoms with Gasteiger partial charge in [-0.15, -0.1) is 0 Å². The van der Waals surface area contributed by atoms with Gasteiger partial charge in [-0.2, -0.15) is 0 Å². The van der Waals surface area contributed by atoms with Crippen LogP contribution in [0.15, 0.2) is 35.5 Å². The maximum Gasteiger partial charge on any atom is 0.408 e. The Labute approximate surface area is 318 Å². The molecule has 7 rings (SSSR count). The zero-order valence-electron chi connectivity index (χ0n) is 31.6. The lowest BCUT2D eigenvalue weighted by Gasteiger charge is -2.29. The molecule has 6 heterocycles. The van der Waals surface area contributed by atoms with Gasteiger partial charge >= 0.3 is 12.1 Å². The number of carbonyl (C=O) groups excluding carboxylic acids is 3. The van der Waals surface area contributed by atoms with Crippen LogP contribution in [0.25, 0.3) is 44.1 Å². The number of aromatic carboxylic acids is 1. The quantitative estimate of drug-likeness (QED) is 0.181. The lowest BCUT2D eigenvalue weighted by molar-refractivity contribution is -0.124. The number of alkyl carbamates (subject to hydrolysis) is 1. The number of fused-ring (bicyclic) bond motifs is 5. The van der Waals surface area contributed by atoms with Gasteiger partial charge in [0.25, 0.3) is 0 Å². The van der Waals surface area contributed by atoms with Crippen molar-refractivity contribution < 1.29 is 37.8 Å². The molecular formula is C38H41F2N9O7. The number of hydrogen-bond donors (Lipinski definition) is 4. The van der Waals surface area contributed by atoms with Crippen LogP contribution in [-0.2, 0) is 21.4 Å². The minimum Gasteiger partial charge on any atom is -0.477 e. The van der Waals surface area contributed by atoms with E-state index in [0.717, 1.165) is 23.9 Å². The first-order valence-electron chi connectivity index (χ1n) is 17.9. The predicted molar refractivity (Wildman–Crippen MR) is 204 cm³/mol. The van der Waals surface area contributed by atoms with Crippen LogP contribution in [0, 0.1) is 17.6 Å². The van der Waals surface area contributed by atoms with Crippen molar-refractivity contribution in [2.75, 3.05) is 56.6 Å². The van der Waals surface area contributed by atoms with E-state index in [1.165, 1.54) is 24.0 Å². The first kappa shape index (κ1) is 38.1. The van der Waals surface area contributed by atoms with Crippen molar-refractivity contribution in [3.63, 3.8) is 0 Å². The van der Waals surface area contributed by atoms with Gasteiger partial charge in [-0.3, -0.25) is 14.4 Å². The molecule has 5 aromatic rings. The maximum absolute atomic E-state index is 16.3. The Balaban J connectivity index is 1.33. The summed E-state index contributed by atoms with van der Waals surface area (Å²) in [5.74, 6) is -4.85. The van der Waals surface area contributed by atoms with Crippen LogP contribution >= 0.6 is 0 Å². The molecule has 4 aromatic heterocycles. The Bertz CT molecular complexity index is 2530. The summed E-state index contributed by atoms with van der Waals surface area (Å²) in [5, 5.41) is 14.6. The van der Waals surface area contributed by atoms with Crippen LogP contribution in [0.1, 0.15) is 37.6 Å². The van der Waals surface area contributed by atoms with Crippen LogP contribution in [0.2, 0.25) is 0 Å². The summed E-state index contributed by atoms with van der Waals surface area (Å²) in [5.41, 5.74) is -0.0155. The molecule has 294 valence electrons. The number of pyridine rings is 3. The predicted octanol–water partition coefficient (Wildman–Crippen LogP) is 3.35. The number of hydrogen-bond acceptors (Lipinski definition) is 10. The number of aromatic amines is 1. The van der Waals surface area contributed by atoms with Crippen LogP contribution in [0.4, 0.5) is 25.0 Å². The van der Waals surface area contributed by atoms with Gasteiger partial charge in [0.05, 0.1) is 39.6 Å². The van der Waals surface area contributed by atoms with E-state index in [1.54, 1.807) is 40.1 Å². The third-order valence-electron chi connectivity index (χ3n) is 10.3. The number of H-pyrrole nitrogens is 1. The second-order valence-electron chi connectivity index (χ2n) is 15.3. The van der Waals surface area contributed by atoms with Crippen molar-refractivity contribution in [3.8, 4) is 11.1 Å². The van der Waals surface area contributed by atoms with Gasteiger partial charge in [0, 0.05) is 75.6 Å². The van der Waals surface area contributed by atoms with Gasteiger partial charge < -0.3 is 44.7 Å². The monoisotopic (exact) mass is 773 g/mol. The molecule has 2 atom stereocenters. The van der Waals surface area contributed by atoms with E-state index in [1.807, 2.05) is 7.05 Å². The number of carboxylic acid groups (broad SMARTS) is 1. The number of likely N-dealkylation sites (N-methyl/N-ethyl adjacent to an activating group) is 2. The van der Waals surface area contributed by atoms with Gasteiger partial charge in [0.2, 0.25) is 17.2 Å². The number of carbonyl (C=O) groups is 4. The molecule has 0 spiro atoms. The minimum atomic E-state index is -1.39. The third kappa shape index (κ3) is 6.84. The second kappa shape index (κ2) is 14.2. The molecule has 56 heavy (non-hydrogen) atoms. The maximum atomic E-state index is 16.3. The number of amides is 3. The molecular weight excluding hydrogens is 732 g/mol. The first-order valence-corrected chi connectivity index (χ1v) is 17.9. The van der Waals surface area contributed by atoms with Crippen LogP contribution in [0.5, 0.6) is 0 Å². The molecule has 4 N–H and O–H groups in total. The number of rotatable bonds is 8. The average Bonchev–Trinajstić information content (AvgIpc) is 3.83. The average molecular weight is 774 g/mol. The highest BCUT2D eigenvalue weighted by molar-refractivity contribution is 6.19. The van der Waals surface area contributed by atoms with Gasteiger partial charge in [0.1, 0.15) is 29.0 Å². The van der Waals surface area contributed by atoms with Gasteiger partial charge in [-0.1, -0.05) is 0 Å². The highest BCUT2D eigenvalue weighted by Crippen LogP contribution is 2.47. The number of likely N-dealkylation sites (tertiary alicyclic amines) is 1. The highest BCUT2D eigenvalue weighted by atomic mass is 19.2. The van der Waals surface area contributed by atoms with Crippen LogP contribution in [-0.4, -0.2) is 112 Å². The number of carboxylic acids is 1. The molecule has 1 aromatic carbocycles. The van der Waals surface area contributed by atoms with E-state index in [0.29, 0.717) is 29.9 Å². The lowest BCUT2D eigenvalue weighted by atomic mass is 9.99. The third-order valence-corrected chi connectivity index (χ3v) is 10.3. The number of aryl methyl sites for hydroxylation is 1. The molecule has 2 saturated heterocycles. The Morgan fingerprint density at radius 1 is 1.05 bits per heavy atom. The van der Waals surface area contributed by atoms with Crippen molar-refractivity contribution in [2.24, 2.45) is 13.0 Å². The molecule has 2 aliphatic heterocycles. The standard InChI is InChI=1S/C38H41F2N9O7/c1-38(2,3)56-37(55)44-13-26(50)41-14-27(51)48(6)24-10-23(39)30(40)28-29-32(49-8-7-18-15-46(4)17-25(18)49)21(12-42-34(29)45-31(24)28)19-9-20-33(52)22(36(53)54)16-47(5)35(20)43-11-19/h9-12,16,18,25H,7-8,13-15,17H2,1-6H3,(H,41,50)(H,42,45)(H,44,55)(H,53,54)/t18-,25+/m0/s1. The van der Waals surface area contributed by atoms with E-state index in [9.17, 15) is 29.1 Å². The molecule has 0 aliphatic carbocycles. The second-order valence-corrected chi connectivity index (χ2v) is 15.3. The molecule has 18 heteroatoms. The summed E-state index contributed by atoms with van der Waals surface area (Å²) < 4.78 is 38.6. The summed E-state index contributed by atoms with van der Waals surface area (Å²) in [6.45, 7) is 6.15. The van der Waals surface area contributed by atoms with E-state index < -0.39 is 65.2 Å². The molecule has 0 radical (unpaired) electrons. The fourth-order valence-corrected chi connectivity index (χ4v) is 7.77. The Hall–Kier alpha value is -6.17. The number of halogens is 2. The largest absolute Gasteiger partial charge is 0.477 e. The smallest absolute Gasteiger partial charge is 0.408 e. The Morgan fingerprint density at radius 3 is 2.52 bits per heavy atom. The van der Waals surface area contributed by atoms with Gasteiger partial charge in [0.15, 0.2) is 11.6 Å². The summed E-state index contributed by atoms with van der Waals surface area (Å²) >= 11 is 0. The summed E-state index contributed by atoms with van der Waals surface area (Å²) in [4.78, 5) is 80.8. The zero-order chi connectivity index (χ0) is 40.4. The van der Waals surface area contributed by atoms with E-state index in [4.69, 9.17) is 4.74 Å². The fourth-order valence-electron chi connectivity index (χ4n) is 7.77. The summed E-state index contributed by atoms with van der Waals surface area (Å²) in [6.07, 6.45) is 4.31. The molecule has 3 amide bonds. The molecule has 0 bridgehead atoms. The number of anilines is 2. The minimum absolute atomic E-state index is 0.00274. The fraction of sp³-hybridized carbons (Fsp3) is 0.395. The Kier molecular flexibility index (Phi) is 9.64. The van der Waals surface area contributed by atoms with E-state index >= 15 is 8.78 Å². The lowest BCUT2D eigenvalue weighted by Crippen LogP contribution is -2.43. The normalized spacial score (nSPS) is 17.1. The van der Waals surface area contributed by atoms with Crippen molar-refractivity contribution >= 4 is 68.2 Å². The summed E-state index contributed by atoms with van der Waals surface area (Å²) in [7, 11) is 4.96. The zero-order valence-corrected chi connectivity index (χ0v) is 31.6. The van der Waals surface area contributed by atoms with Gasteiger partial charge in [-0.25, -0.2) is 28.3 Å². The first-order chi connectivity index (χ1) is 26.4. The molecule has 16 nitrogen and oxygen atoms in total. The van der Waals surface area contributed by atoms with Crippen LogP contribution in [0.3, 0.4) is 0 Å². The van der Waals surface area contributed by atoms with Crippen molar-refractivity contribution in [3.05, 3.63) is 58.1 Å². The summed E-state index contributed by atoms with van der Waals surface area (Å²) in [6, 6.07) is 2.43. The molecule has 2 fully saturated rings. The van der Waals surface area contributed by atoms with Gasteiger partial charge in [-0.05, 0) is 46.2 Å². The molecule has 0 saturated carbocycles. The topological polar surface area (TPSA) is 195 Å². The van der Waals surface area contributed by atoms with Crippen molar-refractivity contribution in [1.29, 1.82) is 0 Å². The Morgan fingerprint density at radius 2 is 1.80 bits per heavy atom. The molecule has 2 aliphatic rings. The number of benzene rings is 1. The molecule has 0 unspecified atom stereocenters. The number of nitrogens with one attached hydrogen (secondary N) is 3. The van der Waals surface area contributed by atoms with Crippen molar-refractivity contribution in [2.45, 2.75) is 38.8 Å². The van der Waals surface area contributed by atoms with Crippen molar-refractivity contribution in [1.82, 2.24) is 35.1 Å². The highest BCUT2D eigenvalue weighted by Gasteiger charge is 2.42. The van der Waals surface area contributed by atoms with E-state index in [2.05, 4.69) is 35.4 Å². The number of aromatic nitrogens is 4. The number of ether oxygens (including phenoxy) is 1. The van der Waals surface area contributed by atoms with E-state index in [-0.39, 0.29) is 50.6 Å².